The fourth-order valence-electron chi connectivity index (χ4n) is 2.06. The summed E-state index contributed by atoms with van der Waals surface area (Å²) in [5.74, 6) is -0.484. The Morgan fingerprint density at radius 1 is 1.43 bits per heavy atom. The first kappa shape index (κ1) is 15.2. The molecule has 0 fully saturated rings. The van der Waals surface area contributed by atoms with E-state index in [0.29, 0.717) is 16.8 Å². The molecule has 0 aliphatic carbocycles. The van der Waals surface area contributed by atoms with Crippen molar-refractivity contribution in [2.24, 2.45) is 0 Å². The zero-order chi connectivity index (χ0) is 15.6. The summed E-state index contributed by atoms with van der Waals surface area (Å²) >= 11 is 5.91. The van der Waals surface area contributed by atoms with E-state index in [9.17, 15) is 14.5 Å². The number of halogens is 2. The van der Waals surface area contributed by atoms with Crippen LogP contribution in [-0.2, 0) is 6.54 Å². The van der Waals surface area contributed by atoms with E-state index in [1.165, 1.54) is 18.3 Å². The van der Waals surface area contributed by atoms with Gasteiger partial charge in [-0.2, -0.15) is 0 Å². The molecular formula is C14H13ClFN3O2. The topological polar surface area (TPSA) is 68.1 Å². The molecule has 110 valence electrons. The molecule has 0 bridgehead atoms. The minimum Gasteiger partial charge on any atom is -0.376 e. The van der Waals surface area contributed by atoms with Crippen molar-refractivity contribution < 1.29 is 9.31 Å². The second-order valence-corrected chi connectivity index (χ2v) is 4.98. The van der Waals surface area contributed by atoms with Crippen molar-refractivity contribution in [1.82, 2.24) is 4.98 Å². The number of aromatic nitrogens is 1. The number of pyridine rings is 1. The molecule has 1 heterocycles. The molecule has 2 rings (SSSR count). The van der Waals surface area contributed by atoms with Crippen LogP contribution in [0.4, 0.5) is 15.8 Å². The van der Waals surface area contributed by atoms with Gasteiger partial charge in [0.2, 0.25) is 0 Å². The maximum absolute atomic E-state index is 13.6. The van der Waals surface area contributed by atoms with Crippen molar-refractivity contribution >= 4 is 23.0 Å². The highest BCUT2D eigenvalue weighted by molar-refractivity contribution is 6.33. The van der Waals surface area contributed by atoms with E-state index in [4.69, 9.17) is 11.6 Å². The summed E-state index contributed by atoms with van der Waals surface area (Å²) in [5.41, 5.74) is 1.61. The van der Waals surface area contributed by atoms with Gasteiger partial charge in [0, 0.05) is 11.8 Å². The van der Waals surface area contributed by atoms with Gasteiger partial charge < -0.3 is 5.32 Å². The van der Waals surface area contributed by atoms with Crippen LogP contribution in [0.2, 0.25) is 5.02 Å². The van der Waals surface area contributed by atoms with Crippen molar-refractivity contribution in [3.63, 3.8) is 0 Å². The number of para-hydroxylation sites is 1. The number of aryl methyl sites for hydroxylation is 1. The Balaban J connectivity index is 2.29. The third-order valence-corrected chi connectivity index (χ3v) is 3.47. The summed E-state index contributed by atoms with van der Waals surface area (Å²) in [6.45, 7) is 3.40. The van der Waals surface area contributed by atoms with Crippen molar-refractivity contribution in [3.8, 4) is 0 Å². The number of nitrogens with one attached hydrogen (secondary N) is 1. The Labute approximate surface area is 125 Å². The summed E-state index contributed by atoms with van der Waals surface area (Å²) in [6, 6.07) is 4.35. The molecule has 1 N–H and O–H groups in total. The lowest BCUT2D eigenvalue weighted by molar-refractivity contribution is -0.386. The number of hydrogen-bond donors (Lipinski definition) is 1. The first-order chi connectivity index (χ1) is 9.91. The van der Waals surface area contributed by atoms with E-state index in [-0.39, 0.29) is 22.9 Å². The first-order valence-corrected chi connectivity index (χ1v) is 6.57. The molecule has 0 unspecified atom stereocenters. The highest BCUT2D eigenvalue weighted by atomic mass is 35.5. The average molecular weight is 310 g/mol. The molecule has 0 aliphatic heterocycles. The maximum Gasteiger partial charge on any atom is 0.278 e. The van der Waals surface area contributed by atoms with Crippen LogP contribution < -0.4 is 5.32 Å². The largest absolute Gasteiger partial charge is 0.376 e. The molecule has 7 heteroatoms. The van der Waals surface area contributed by atoms with E-state index >= 15 is 0 Å². The molecule has 0 saturated carbocycles. The van der Waals surface area contributed by atoms with Gasteiger partial charge in [0.1, 0.15) is 5.82 Å². The molecule has 1 aromatic heterocycles. The number of nitro groups is 1. The third-order valence-electron chi connectivity index (χ3n) is 3.15. The van der Waals surface area contributed by atoms with Crippen LogP contribution in [-0.4, -0.2) is 9.91 Å². The molecule has 0 radical (unpaired) electrons. The van der Waals surface area contributed by atoms with Gasteiger partial charge in [-0.25, -0.2) is 4.39 Å². The van der Waals surface area contributed by atoms with E-state index in [2.05, 4.69) is 10.3 Å². The SMILES string of the molecule is Cc1cnc(CNc2c(F)cccc2Cl)c(C)c1[N+](=O)[O-]. The fraction of sp³-hybridized carbons (Fsp3) is 0.214. The van der Waals surface area contributed by atoms with E-state index in [0.717, 1.165) is 0 Å². The van der Waals surface area contributed by atoms with Crippen LogP contribution in [0.15, 0.2) is 24.4 Å². The summed E-state index contributed by atoms with van der Waals surface area (Å²) in [4.78, 5) is 14.8. The number of hydrogen-bond acceptors (Lipinski definition) is 4. The Bertz CT molecular complexity index is 687. The van der Waals surface area contributed by atoms with E-state index in [1.807, 2.05) is 0 Å². The maximum atomic E-state index is 13.6. The summed E-state index contributed by atoms with van der Waals surface area (Å²) < 4.78 is 13.6. The standard InChI is InChI=1S/C14H13ClFN3O2/c1-8-6-17-12(9(2)14(8)19(20)21)7-18-13-10(15)4-3-5-11(13)16/h3-6,18H,7H2,1-2H3. The molecule has 5 nitrogen and oxygen atoms in total. The molecule has 0 amide bonds. The highest BCUT2D eigenvalue weighted by Crippen LogP contribution is 2.27. The Morgan fingerprint density at radius 3 is 2.76 bits per heavy atom. The zero-order valence-corrected chi connectivity index (χ0v) is 12.2. The van der Waals surface area contributed by atoms with Crippen molar-refractivity contribution in [3.05, 3.63) is 62.2 Å². The third kappa shape index (κ3) is 3.11. The molecular weight excluding hydrogens is 297 g/mol. The van der Waals surface area contributed by atoms with Crippen LogP contribution >= 0.6 is 11.6 Å². The predicted octanol–water partition coefficient (Wildman–Crippen LogP) is 4.01. The van der Waals surface area contributed by atoms with Gasteiger partial charge in [-0.05, 0) is 26.0 Å². The lowest BCUT2D eigenvalue weighted by Crippen LogP contribution is -2.08. The van der Waals surface area contributed by atoms with Crippen LogP contribution in [0.3, 0.4) is 0 Å². The Morgan fingerprint density at radius 2 is 2.14 bits per heavy atom. The molecule has 0 saturated heterocycles. The minimum absolute atomic E-state index is 0.0291. The molecule has 2 aromatic rings. The Kier molecular flexibility index (Phi) is 4.37. The van der Waals surface area contributed by atoms with Crippen LogP contribution in [0, 0.1) is 29.8 Å². The van der Waals surface area contributed by atoms with E-state index in [1.54, 1.807) is 19.9 Å². The lowest BCUT2D eigenvalue weighted by Gasteiger charge is -2.11. The minimum atomic E-state index is -0.484. The molecule has 1 aromatic carbocycles. The molecule has 0 aliphatic rings. The van der Waals surface area contributed by atoms with E-state index < -0.39 is 10.7 Å². The van der Waals surface area contributed by atoms with Crippen molar-refractivity contribution in [2.45, 2.75) is 20.4 Å². The first-order valence-electron chi connectivity index (χ1n) is 6.19. The van der Waals surface area contributed by atoms with Gasteiger partial charge in [0.05, 0.1) is 33.4 Å². The summed E-state index contributed by atoms with van der Waals surface area (Å²) in [6.07, 6.45) is 1.44. The average Bonchev–Trinajstić information content (AvgIpc) is 2.40. The highest BCUT2D eigenvalue weighted by Gasteiger charge is 2.18. The normalized spacial score (nSPS) is 10.5. The predicted molar refractivity (Wildman–Crippen MR) is 79.1 cm³/mol. The van der Waals surface area contributed by atoms with Gasteiger partial charge in [-0.3, -0.25) is 15.1 Å². The zero-order valence-electron chi connectivity index (χ0n) is 11.5. The van der Waals surface area contributed by atoms with Crippen LogP contribution in [0.25, 0.3) is 0 Å². The van der Waals surface area contributed by atoms with Gasteiger partial charge >= 0.3 is 0 Å². The number of anilines is 1. The van der Waals surface area contributed by atoms with Crippen LogP contribution in [0.5, 0.6) is 0 Å². The summed E-state index contributed by atoms with van der Waals surface area (Å²) in [7, 11) is 0. The van der Waals surface area contributed by atoms with Gasteiger partial charge in [-0.15, -0.1) is 0 Å². The number of rotatable bonds is 4. The second-order valence-electron chi connectivity index (χ2n) is 4.57. The molecule has 0 atom stereocenters. The van der Waals surface area contributed by atoms with Crippen molar-refractivity contribution in [2.75, 3.05) is 5.32 Å². The molecule has 21 heavy (non-hydrogen) atoms. The van der Waals surface area contributed by atoms with Crippen LogP contribution in [0.1, 0.15) is 16.8 Å². The fourth-order valence-corrected chi connectivity index (χ4v) is 2.29. The van der Waals surface area contributed by atoms with Crippen molar-refractivity contribution in [1.29, 1.82) is 0 Å². The van der Waals surface area contributed by atoms with Gasteiger partial charge in [0.25, 0.3) is 5.69 Å². The second kappa shape index (κ2) is 6.05. The lowest BCUT2D eigenvalue weighted by atomic mass is 10.1. The number of nitrogens with zero attached hydrogens (tertiary/aromatic N) is 2. The monoisotopic (exact) mass is 309 g/mol. The number of benzene rings is 1. The summed E-state index contributed by atoms with van der Waals surface area (Å²) in [5, 5.41) is 14.1. The molecule has 0 spiro atoms. The van der Waals surface area contributed by atoms with Gasteiger partial charge in [-0.1, -0.05) is 17.7 Å². The van der Waals surface area contributed by atoms with Gasteiger partial charge in [0.15, 0.2) is 0 Å². The quantitative estimate of drug-likeness (QED) is 0.684. The Hall–Kier alpha value is -2.21. The smallest absolute Gasteiger partial charge is 0.278 e.